The normalized spacial score (nSPS) is 18.6. The van der Waals surface area contributed by atoms with E-state index in [1.807, 2.05) is 0 Å². The van der Waals surface area contributed by atoms with Crippen molar-refractivity contribution in [1.29, 1.82) is 0 Å². The largest absolute Gasteiger partial charge is 0.287 e. The van der Waals surface area contributed by atoms with Crippen molar-refractivity contribution in [1.82, 2.24) is 4.90 Å². The molecule has 0 amide bonds. The second-order valence-corrected chi connectivity index (χ2v) is 5.74. The summed E-state index contributed by atoms with van der Waals surface area (Å²) in [6, 6.07) is 6.76. The summed E-state index contributed by atoms with van der Waals surface area (Å²) in [6.45, 7) is 8.91. The first-order chi connectivity index (χ1) is 7.59. The number of hydrogen-bond acceptors (Lipinski definition) is 2. The SMILES string of the molecule is CC(C)c1cccc2c1CN(C(C)S)CC2. The van der Waals surface area contributed by atoms with E-state index < -0.39 is 0 Å². The molecule has 2 rings (SSSR count). The summed E-state index contributed by atoms with van der Waals surface area (Å²) in [6.07, 6.45) is 1.17. The van der Waals surface area contributed by atoms with E-state index in [1.54, 1.807) is 5.56 Å². The van der Waals surface area contributed by atoms with Crippen LogP contribution in [-0.4, -0.2) is 16.8 Å². The predicted molar refractivity (Wildman–Crippen MR) is 73.1 cm³/mol. The van der Waals surface area contributed by atoms with Crippen LogP contribution in [0.2, 0.25) is 0 Å². The van der Waals surface area contributed by atoms with Crippen LogP contribution < -0.4 is 0 Å². The molecule has 0 aromatic heterocycles. The second kappa shape index (κ2) is 4.80. The highest BCUT2D eigenvalue weighted by molar-refractivity contribution is 7.80. The van der Waals surface area contributed by atoms with Crippen molar-refractivity contribution in [3.8, 4) is 0 Å². The molecule has 1 atom stereocenters. The van der Waals surface area contributed by atoms with Gasteiger partial charge in [0.15, 0.2) is 0 Å². The van der Waals surface area contributed by atoms with Gasteiger partial charge in [-0.2, -0.15) is 12.6 Å². The summed E-state index contributed by atoms with van der Waals surface area (Å²) < 4.78 is 0. The summed E-state index contributed by atoms with van der Waals surface area (Å²) in [5, 5.41) is 0.355. The van der Waals surface area contributed by atoms with Gasteiger partial charge in [-0.3, -0.25) is 4.90 Å². The molecular weight excluding hydrogens is 214 g/mol. The first-order valence-corrected chi connectivity index (χ1v) is 6.64. The van der Waals surface area contributed by atoms with Crippen molar-refractivity contribution in [2.45, 2.75) is 45.0 Å². The van der Waals surface area contributed by atoms with Gasteiger partial charge < -0.3 is 0 Å². The number of thiol groups is 1. The molecule has 0 saturated heterocycles. The van der Waals surface area contributed by atoms with Gasteiger partial charge in [-0.15, -0.1) is 0 Å². The molecule has 1 unspecified atom stereocenters. The number of hydrogen-bond donors (Lipinski definition) is 1. The van der Waals surface area contributed by atoms with Crippen LogP contribution in [0.25, 0.3) is 0 Å². The Morgan fingerprint density at radius 2 is 2.00 bits per heavy atom. The minimum absolute atomic E-state index is 0.355. The van der Waals surface area contributed by atoms with E-state index in [2.05, 4.69) is 56.5 Å². The maximum Gasteiger partial charge on any atom is 0.0502 e. The van der Waals surface area contributed by atoms with Gasteiger partial charge in [-0.05, 0) is 36.0 Å². The fourth-order valence-electron chi connectivity index (χ4n) is 2.49. The highest BCUT2D eigenvalue weighted by Gasteiger charge is 2.21. The molecule has 1 aromatic carbocycles. The average molecular weight is 235 g/mol. The Morgan fingerprint density at radius 1 is 1.25 bits per heavy atom. The molecule has 1 aliphatic heterocycles. The molecule has 1 heterocycles. The topological polar surface area (TPSA) is 3.24 Å². The van der Waals surface area contributed by atoms with Gasteiger partial charge in [0.2, 0.25) is 0 Å². The van der Waals surface area contributed by atoms with Crippen molar-refractivity contribution in [2.75, 3.05) is 6.54 Å². The van der Waals surface area contributed by atoms with Crippen molar-refractivity contribution in [2.24, 2.45) is 0 Å². The minimum Gasteiger partial charge on any atom is -0.287 e. The van der Waals surface area contributed by atoms with Crippen LogP contribution in [0.4, 0.5) is 0 Å². The van der Waals surface area contributed by atoms with E-state index in [1.165, 1.54) is 17.5 Å². The summed E-state index contributed by atoms with van der Waals surface area (Å²) >= 11 is 4.54. The van der Waals surface area contributed by atoms with Gasteiger partial charge in [0.1, 0.15) is 0 Å². The van der Waals surface area contributed by atoms with Crippen molar-refractivity contribution in [3.05, 3.63) is 34.9 Å². The Bertz CT molecular complexity index is 371. The van der Waals surface area contributed by atoms with Gasteiger partial charge in [0, 0.05) is 13.1 Å². The predicted octanol–water partition coefficient (Wildman–Crippen LogP) is 3.44. The zero-order valence-corrected chi connectivity index (χ0v) is 11.3. The molecule has 16 heavy (non-hydrogen) atoms. The smallest absolute Gasteiger partial charge is 0.0502 e. The van der Waals surface area contributed by atoms with Crippen LogP contribution in [0.1, 0.15) is 43.4 Å². The molecule has 0 radical (unpaired) electrons. The van der Waals surface area contributed by atoms with Crippen molar-refractivity contribution >= 4 is 12.6 Å². The molecule has 1 aromatic rings. The fourth-order valence-corrected chi connectivity index (χ4v) is 2.68. The van der Waals surface area contributed by atoms with Gasteiger partial charge >= 0.3 is 0 Å². The van der Waals surface area contributed by atoms with Crippen LogP contribution in [0, 0.1) is 0 Å². The third kappa shape index (κ3) is 2.28. The molecule has 0 N–H and O–H groups in total. The quantitative estimate of drug-likeness (QED) is 0.769. The Hall–Kier alpha value is -0.470. The monoisotopic (exact) mass is 235 g/mol. The van der Waals surface area contributed by atoms with E-state index >= 15 is 0 Å². The lowest BCUT2D eigenvalue weighted by atomic mass is 9.89. The molecule has 88 valence electrons. The molecule has 0 saturated carbocycles. The second-order valence-electron chi connectivity index (χ2n) is 4.99. The highest BCUT2D eigenvalue weighted by atomic mass is 32.1. The van der Waals surface area contributed by atoms with Crippen LogP contribution in [-0.2, 0) is 13.0 Å². The van der Waals surface area contributed by atoms with Gasteiger partial charge in [-0.25, -0.2) is 0 Å². The van der Waals surface area contributed by atoms with Crippen LogP contribution in [0.15, 0.2) is 18.2 Å². The van der Waals surface area contributed by atoms with E-state index in [0.29, 0.717) is 11.3 Å². The van der Waals surface area contributed by atoms with E-state index in [0.717, 1.165) is 13.1 Å². The van der Waals surface area contributed by atoms with Crippen LogP contribution >= 0.6 is 12.6 Å². The zero-order chi connectivity index (χ0) is 11.7. The third-order valence-electron chi connectivity index (χ3n) is 3.49. The lowest BCUT2D eigenvalue weighted by molar-refractivity contribution is 0.247. The van der Waals surface area contributed by atoms with Crippen LogP contribution in [0.3, 0.4) is 0 Å². The minimum atomic E-state index is 0.355. The standard InChI is InChI=1S/C14H21NS/c1-10(2)13-6-4-5-12-7-8-15(11(3)16)9-14(12)13/h4-6,10-11,16H,7-9H2,1-3H3. The summed E-state index contributed by atoms with van der Waals surface area (Å²) in [5.41, 5.74) is 4.59. The summed E-state index contributed by atoms with van der Waals surface area (Å²) in [5.74, 6) is 0.616. The summed E-state index contributed by atoms with van der Waals surface area (Å²) in [4.78, 5) is 2.44. The lowest BCUT2D eigenvalue weighted by Gasteiger charge is -2.33. The highest BCUT2D eigenvalue weighted by Crippen LogP contribution is 2.28. The summed E-state index contributed by atoms with van der Waals surface area (Å²) in [7, 11) is 0. The van der Waals surface area contributed by atoms with Gasteiger partial charge in [0.05, 0.1) is 5.37 Å². The van der Waals surface area contributed by atoms with E-state index in [9.17, 15) is 0 Å². The number of benzene rings is 1. The lowest BCUT2D eigenvalue weighted by Crippen LogP contribution is -2.35. The van der Waals surface area contributed by atoms with Gasteiger partial charge in [-0.1, -0.05) is 32.0 Å². The molecule has 0 spiro atoms. The van der Waals surface area contributed by atoms with Gasteiger partial charge in [0.25, 0.3) is 0 Å². The number of nitrogens with zero attached hydrogens (tertiary/aromatic N) is 1. The first-order valence-electron chi connectivity index (χ1n) is 6.12. The molecule has 1 aliphatic rings. The molecule has 1 nitrogen and oxygen atoms in total. The molecule has 0 bridgehead atoms. The molecule has 0 fully saturated rings. The Balaban J connectivity index is 2.34. The maximum absolute atomic E-state index is 4.54. The van der Waals surface area contributed by atoms with E-state index in [-0.39, 0.29) is 0 Å². The number of fused-ring (bicyclic) bond motifs is 1. The molecular formula is C14H21NS. The number of rotatable bonds is 2. The Labute approximate surface area is 104 Å². The molecule has 0 aliphatic carbocycles. The first kappa shape index (κ1) is 12.0. The van der Waals surface area contributed by atoms with Crippen molar-refractivity contribution < 1.29 is 0 Å². The molecule has 2 heteroatoms. The van der Waals surface area contributed by atoms with Crippen molar-refractivity contribution in [3.63, 3.8) is 0 Å². The Kier molecular flexibility index (Phi) is 3.60. The van der Waals surface area contributed by atoms with Crippen LogP contribution in [0.5, 0.6) is 0 Å². The third-order valence-corrected chi connectivity index (χ3v) is 3.82. The zero-order valence-electron chi connectivity index (χ0n) is 10.4. The Morgan fingerprint density at radius 3 is 2.62 bits per heavy atom. The van der Waals surface area contributed by atoms with E-state index in [4.69, 9.17) is 0 Å². The fraction of sp³-hybridized carbons (Fsp3) is 0.571. The average Bonchev–Trinajstić information content (AvgIpc) is 2.27. The maximum atomic E-state index is 4.54.